The van der Waals surface area contributed by atoms with Gasteiger partial charge in [0, 0.05) is 20.4 Å². The SMILES string of the molecule is CC(=O)Nc1ccccc1N(CCC#N)CCOC(C)=O. The average Bonchev–Trinajstić information content (AvgIpc) is 2.42. The molecule has 112 valence electrons. The molecule has 1 aromatic carbocycles. The molecule has 0 unspecified atom stereocenters. The Morgan fingerprint density at radius 3 is 2.62 bits per heavy atom. The van der Waals surface area contributed by atoms with Gasteiger partial charge in [-0.25, -0.2) is 0 Å². The average molecular weight is 289 g/mol. The number of carbonyl (C=O) groups is 2. The van der Waals surface area contributed by atoms with E-state index < -0.39 is 0 Å². The Morgan fingerprint density at radius 2 is 2.00 bits per heavy atom. The van der Waals surface area contributed by atoms with E-state index >= 15 is 0 Å². The molecule has 0 saturated heterocycles. The van der Waals surface area contributed by atoms with E-state index in [2.05, 4.69) is 11.4 Å². The molecule has 6 nitrogen and oxygen atoms in total. The molecule has 1 amide bonds. The third-order valence-electron chi connectivity index (χ3n) is 2.72. The van der Waals surface area contributed by atoms with Crippen LogP contribution in [0.4, 0.5) is 11.4 Å². The predicted octanol–water partition coefficient (Wildman–Crippen LogP) is 1.93. The quantitative estimate of drug-likeness (QED) is 0.775. The zero-order valence-corrected chi connectivity index (χ0v) is 12.3. The Kier molecular flexibility index (Phi) is 6.75. The van der Waals surface area contributed by atoms with E-state index in [1.807, 2.05) is 23.1 Å². The van der Waals surface area contributed by atoms with E-state index in [9.17, 15) is 9.59 Å². The zero-order valence-electron chi connectivity index (χ0n) is 12.3. The molecule has 0 saturated carbocycles. The monoisotopic (exact) mass is 289 g/mol. The lowest BCUT2D eigenvalue weighted by Crippen LogP contribution is -2.30. The first-order valence-electron chi connectivity index (χ1n) is 6.66. The van der Waals surface area contributed by atoms with Crippen molar-refractivity contribution in [3.8, 4) is 6.07 Å². The highest BCUT2D eigenvalue weighted by molar-refractivity contribution is 5.92. The van der Waals surface area contributed by atoms with Crippen molar-refractivity contribution in [1.82, 2.24) is 0 Å². The summed E-state index contributed by atoms with van der Waals surface area (Å²) in [6, 6.07) is 9.42. The van der Waals surface area contributed by atoms with Crippen molar-refractivity contribution in [2.75, 3.05) is 29.9 Å². The number of esters is 1. The van der Waals surface area contributed by atoms with Crippen molar-refractivity contribution in [3.05, 3.63) is 24.3 Å². The zero-order chi connectivity index (χ0) is 15.7. The molecule has 0 atom stereocenters. The minimum Gasteiger partial charge on any atom is -0.464 e. The molecule has 0 heterocycles. The normalized spacial score (nSPS) is 9.57. The third kappa shape index (κ3) is 5.95. The minimum absolute atomic E-state index is 0.164. The molecular weight excluding hydrogens is 270 g/mol. The van der Waals surface area contributed by atoms with Crippen LogP contribution >= 0.6 is 0 Å². The Hall–Kier alpha value is -2.55. The largest absolute Gasteiger partial charge is 0.464 e. The first-order valence-corrected chi connectivity index (χ1v) is 6.66. The van der Waals surface area contributed by atoms with E-state index in [-0.39, 0.29) is 18.5 Å². The lowest BCUT2D eigenvalue weighted by atomic mass is 10.2. The van der Waals surface area contributed by atoms with Gasteiger partial charge in [-0.15, -0.1) is 0 Å². The number of ether oxygens (including phenoxy) is 1. The summed E-state index contributed by atoms with van der Waals surface area (Å²) in [5, 5.41) is 11.5. The number of nitrogens with one attached hydrogen (secondary N) is 1. The molecule has 0 aliphatic heterocycles. The molecule has 1 N–H and O–H groups in total. The number of nitrogens with zero attached hydrogens (tertiary/aromatic N) is 2. The molecule has 0 fully saturated rings. The van der Waals surface area contributed by atoms with Crippen LogP contribution in [0.3, 0.4) is 0 Å². The number of carbonyl (C=O) groups excluding carboxylic acids is 2. The fraction of sp³-hybridized carbons (Fsp3) is 0.400. The molecule has 6 heteroatoms. The van der Waals surface area contributed by atoms with E-state index in [4.69, 9.17) is 10.00 Å². The van der Waals surface area contributed by atoms with Crippen LogP contribution in [0.25, 0.3) is 0 Å². The highest BCUT2D eigenvalue weighted by atomic mass is 16.5. The highest BCUT2D eigenvalue weighted by Gasteiger charge is 2.12. The van der Waals surface area contributed by atoms with Crippen LogP contribution in [-0.4, -0.2) is 31.6 Å². The lowest BCUT2D eigenvalue weighted by molar-refractivity contribution is -0.140. The Morgan fingerprint density at radius 1 is 1.29 bits per heavy atom. The van der Waals surface area contributed by atoms with Crippen LogP contribution in [0, 0.1) is 11.3 Å². The van der Waals surface area contributed by atoms with Gasteiger partial charge in [0.1, 0.15) is 6.61 Å². The second-order valence-corrected chi connectivity index (χ2v) is 4.43. The Bertz CT molecular complexity index is 537. The summed E-state index contributed by atoms with van der Waals surface area (Å²) in [4.78, 5) is 24.0. The van der Waals surface area contributed by atoms with Crippen molar-refractivity contribution in [2.45, 2.75) is 20.3 Å². The molecular formula is C15H19N3O3. The summed E-state index contributed by atoms with van der Waals surface area (Å²) in [5.74, 6) is -0.506. The van der Waals surface area contributed by atoms with Crippen molar-refractivity contribution < 1.29 is 14.3 Å². The number of amides is 1. The van der Waals surface area contributed by atoms with Crippen LogP contribution in [0.5, 0.6) is 0 Å². The predicted molar refractivity (Wildman–Crippen MR) is 79.8 cm³/mol. The van der Waals surface area contributed by atoms with Gasteiger partial charge in [0.25, 0.3) is 0 Å². The summed E-state index contributed by atoms with van der Waals surface area (Å²) < 4.78 is 4.94. The van der Waals surface area contributed by atoms with Crippen molar-refractivity contribution in [3.63, 3.8) is 0 Å². The van der Waals surface area contributed by atoms with Gasteiger partial charge in [-0.1, -0.05) is 12.1 Å². The van der Waals surface area contributed by atoms with Gasteiger partial charge < -0.3 is 15.0 Å². The van der Waals surface area contributed by atoms with Crippen LogP contribution in [0.15, 0.2) is 24.3 Å². The van der Waals surface area contributed by atoms with Crippen LogP contribution in [0.1, 0.15) is 20.3 Å². The smallest absolute Gasteiger partial charge is 0.302 e. The van der Waals surface area contributed by atoms with E-state index in [0.717, 1.165) is 5.69 Å². The third-order valence-corrected chi connectivity index (χ3v) is 2.72. The maximum atomic E-state index is 11.3. The number of rotatable bonds is 7. The maximum absolute atomic E-state index is 11.3. The fourth-order valence-corrected chi connectivity index (χ4v) is 1.88. The molecule has 0 bridgehead atoms. The van der Waals surface area contributed by atoms with Crippen LogP contribution in [-0.2, 0) is 14.3 Å². The summed E-state index contributed by atoms with van der Waals surface area (Å²) in [6.45, 7) is 3.97. The van der Waals surface area contributed by atoms with Gasteiger partial charge in [-0.2, -0.15) is 5.26 Å². The van der Waals surface area contributed by atoms with Crippen LogP contribution < -0.4 is 10.2 Å². The molecule has 1 rings (SSSR count). The number of para-hydroxylation sites is 2. The lowest BCUT2D eigenvalue weighted by Gasteiger charge is -2.26. The number of hydrogen-bond acceptors (Lipinski definition) is 5. The van der Waals surface area contributed by atoms with E-state index in [1.54, 1.807) is 6.07 Å². The number of anilines is 2. The van der Waals surface area contributed by atoms with Gasteiger partial charge in [0.2, 0.25) is 5.91 Å². The van der Waals surface area contributed by atoms with E-state index in [1.165, 1.54) is 13.8 Å². The topological polar surface area (TPSA) is 82.4 Å². The second-order valence-electron chi connectivity index (χ2n) is 4.43. The van der Waals surface area contributed by atoms with Gasteiger partial charge in [-0.05, 0) is 12.1 Å². The maximum Gasteiger partial charge on any atom is 0.302 e. The summed E-state index contributed by atoms with van der Waals surface area (Å²) in [5.41, 5.74) is 1.47. The van der Waals surface area contributed by atoms with Gasteiger partial charge in [0.15, 0.2) is 0 Å². The van der Waals surface area contributed by atoms with Crippen molar-refractivity contribution in [2.24, 2.45) is 0 Å². The molecule has 1 aromatic rings. The summed E-state index contributed by atoms with van der Waals surface area (Å²) in [7, 11) is 0. The van der Waals surface area contributed by atoms with Gasteiger partial charge in [-0.3, -0.25) is 9.59 Å². The number of hydrogen-bond donors (Lipinski definition) is 1. The number of benzene rings is 1. The fourth-order valence-electron chi connectivity index (χ4n) is 1.88. The molecule has 0 aliphatic carbocycles. The summed E-state index contributed by atoms with van der Waals surface area (Å²) in [6.07, 6.45) is 0.342. The highest BCUT2D eigenvalue weighted by Crippen LogP contribution is 2.25. The first kappa shape index (κ1) is 16.5. The Labute approximate surface area is 124 Å². The van der Waals surface area contributed by atoms with Crippen LogP contribution in [0.2, 0.25) is 0 Å². The van der Waals surface area contributed by atoms with E-state index in [0.29, 0.717) is 25.2 Å². The Balaban J connectivity index is 2.88. The standard InChI is InChI=1S/C15H19N3O3/c1-12(19)17-14-6-3-4-7-15(14)18(9-5-8-16)10-11-21-13(2)20/h3-4,6-7H,5,9-11H2,1-2H3,(H,17,19). The summed E-state index contributed by atoms with van der Waals surface area (Å²) >= 11 is 0. The van der Waals surface area contributed by atoms with Gasteiger partial charge in [0.05, 0.1) is 30.4 Å². The second kappa shape index (κ2) is 8.59. The molecule has 0 spiro atoms. The minimum atomic E-state index is -0.342. The van der Waals surface area contributed by atoms with Crippen molar-refractivity contribution >= 4 is 23.3 Å². The molecule has 21 heavy (non-hydrogen) atoms. The first-order chi connectivity index (χ1) is 10.0. The molecule has 0 radical (unpaired) electrons. The molecule has 0 aromatic heterocycles. The molecule has 0 aliphatic rings. The van der Waals surface area contributed by atoms with Crippen molar-refractivity contribution in [1.29, 1.82) is 5.26 Å². The number of nitriles is 1. The van der Waals surface area contributed by atoms with Gasteiger partial charge >= 0.3 is 5.97 Å².